The van der Waals surface area contributed by atoms with Crippen molar-refractivity contribution in [2.75, 3.05) is 23.7 Å². The van der Waals surface area contributed by atoms with E-state index in [4.69, 9.17) is 5.11 Å². The lowest BCUT2D eigenvalue weighted by Gasteiger charge is -2.24. The number of halogens is 3. The van der Waals surface area contributed by atoms with Crippen molar-refractivity contribution in [2.24, 2.45) is 0 Å². The molecule has 3 nitrogen and oxygen atoms in total. The molecule has 0 radical (unpaired) electrons. The fourth-order valence-corrected chi connectivity index (χ4v) is 2.24. The van der Waals surface area contributed by atoms with Gasteiger partial charge in [-0.05, 0) is 30.3 Å². The molecule has 0 atom stereocenters. The van der Waals surface area contributed by atoms with E-state index in [-0.39, 0.29) is 30.5 Å². The van der Waals surface area contributed by atoms with E-state index >= 15 is 0 Å². The van der Waals surface area contributed by atoms with Crippen LogP contribution in [-0.4, -0.2) is 35.4 Å². The zero-order valence-corrected chi connectivity index (χ0v) is 11.6. The summed E-state index contributed by atoms with van der Waals surface area (Å²) in [5.74, 6) is -0.978. The van der Waals surface area contributed by atoms with Crippen LogP contribution in [0.15, 0.2) is 30.3 Å². The Hall–Kier alpha value is -1.37. The molecule has 0 saturated carbocycles. The molecule has 0 saturated heterocycles. The molecule has 0 bridgehead atoms. The number of anilines is 1. The third kappa shape index (κ3) is 7.28. The Morgan fingerprint density at radius 2 is 1.85 bits per heavy atom. The second-order valence-corrected chi connectivity index (χ2v) is 5.27. The Balaban J connectivity index is 2.53. The van der Waals surface area contributed by atoms with Crippen molar-refractivity contribution in [3.63, 3.8) is 0 Å². The molecule has 0 fully saturated rings. The molecule has 0 aliphatic carbocycles. The average molecular weight is 307 g/mol. The van der Waals surface area contributed by atoms with Gasteiger partial charge in [0.15, 0.2) is 0 Å². The Morgan fingerprint density at radius 1 is 1.20 bits per heavy atom. The summed E-state index contributed by atoms with van der Waals surface area (Å²) in [7, 11) is 0. The number of para-hydroxylation sites is 1. The van der Waals surface area contributed by atoms with Crippen LogP contribution in [0, 0.1) is 0 Å². The zero-order valence-electron chi connectivity index (χ0n) is 10.8. The van der Waals surface area contributed by atoms with Crippen LogP contribution in [-0.2, 0) is 4.79 Å². The van der Waals surface area contributed by atoms with Crippen molar-refractivity contribution in [2.45, 2.75) is 18.3 Å². The second-order valence-electron chi connectivity index (χ2n) is 4.11. The molecule has 0 unspecified atom stereocenters. The predicted molar refractivity (Wildman–Crippen MR) is 74.0 cm³/mol. The number of alkyl halides is 3. The molecule has 1 rings (SSSR count). The molecule has 112 valence electrons. The maximum atomic E-state index is 12.1. The third-order valence-electron chi connectivity index (χ3n) is 2.57. The lowest BCUT2D eigenvalue weighted by molar-refractivity contribution is -0.137. The summed E-state index contributed by atoms with van der Waals surface area (Å²) in [6.07, 6.45) is 0.413. The highest BCUT2D eigenvalue weighted by atomic mass is 32.2. The third-order valence-corrected chi connectivity index (χ3v) is 3.28. The van der Waals surface area contributed by atoms with Crippen molar-refractivity contribution in [3.8, 4) is 0 Å². The summed E-state index contributed by atoms with van der Waals surface area (Å²) in [6.45, 7) is 0.655. The van der Waals surface area contributed by atoms with Crippen LogP contribution in [0.1, 0.15) is 12.8 Å². The van der Waals surface area contributed by atoms with Crippen molar-refractivity contribution in [1.29, 1.82) is 0 Å². The number of hydrogen-bond acceptors (Lipinski definition) is 3. The maximum absolute atomic E-state index is 12.1. The molecule has 0 aliphatic heterocycles. The molecule has 1 N–H and O–H groups in total. The smallest absolute Gasteiger partial charge is 0.441 e. The fourth-order valence-electron chi connectivity index (χ4n) is 1.70. The zero-order chi connectivity index (χ0) is 15.0. The van der Waals surface area contributed by atoms with Crippen LogP contribution in [0.25, 0.3) is 0 Å². The van der Waals surface area contributed by atoms with Gasteiger partial charge in [-0.1, -0.05) is 18.2 Å². The average Bonchev–Trinajstić information content (AvgIpc) is 2.36. The standard InChI is InChI=1S/C13H16F3NO2S/c14-13(15,16)20-10-9-17(8-4-7-12(18)19)11-5-2-1-3-6-11/h1-3,5-6H,4,7-10H2,(H,18,19). The van der Waals surface area contributed by atoms with Gasteiger partial charge in [-0.15, -0.1) is 0 Å². The monoisotopic (exact) mass is 307 g/mol. The molecule has 0 aliphatic rings. The van der Waals surface area contributed by atoms with E-state index < -0.39 is 11.5 Å². The van der Waals surface area contributed by atoms with E-state index in [1.807, 2.05) is 6.07 Å². The Kier molecular flexibility index (Phi) is 6.70. The number of carboxylic acids is 1. The highest BCUT2D eigenvalue weighted by Crippen LogP contribution is 2.30. The van der Waals surface area contributed by atoms with Gasteiger partial charge in [0.05, 0.1) is 0 Å². The van der Waals surface area contributed by atoms with E-state index in [2.05, 4.69) is 0 Å². The van der Waals surface area contributed by atoms with Gasteiger partial charge in [0, 0.05) is 31.0 Å². The number of carboxylic acid groups (broad SMARTS) is 1. The molecule has 0 heterocycles. The summed E-state index contributed by atoms with van der Waals surface area (Å²) in [4.78, 5) is 12.3. The summed E-state index contributed by atoms with van der Waals surface area (Å²) < 4.78 is 36.4. The van der Waals surface area contributed by atoms with Crippen molar-refractivity contribution >= 4 is 23.4 Å². The Bertz CT molecular complexity index is 412. The van der Waals surface area contributed by atoms with Crippen LogP contribution in [0.4, 0.5) is 18.9 Å². The molecule has 0 spiro atoms. The van der Waals surface area contributed by atoms with Crippen LogP contribution in [0.3, 0.4) is 0 Å². The molecular formula is C13H16F3NO2S. The van der Waals surface area contributed by atoms with Gasteiger partial charge < -0.3 is 10.0 Å². The van der Waals surface area contributed by atoms with Gasteiger partial charge in [0.25, 0.3) is 0 Å². The highest BCUT2D eigenvalue weighted by Gasteiger charge is 2.27. The summed E-state index contributed by atoms with van der Waals surface area (Å²) in [5, 5.41) is 8.61. The van der Waals surface area contributed by atoms with Crippen LogP contribution in [0.5, 0.6) is 0 Å². The summed E-state index contributed by atoms with van der Waals surface area (Å²) in [5.41, 5.74) is -3.43. The highest BCUT2D eigenvalue weighted by molar-refractivity contribution is 8.00. The van der Waals surface area contributed by atoms with Gasteiger partial charge in [-0.2, -0.15) is 13.2 Å². The van der Waals surface area contributed by atoms with Crippen molar-refractivity contribution in [1.82, 2.24) is 0 Å². The Morgan fingerprint density at radius 3 is 2.40 bits per heavy atom. The number of rotatable bonds is 8. The molecular weight excluding hydrogens is 291 g/mol. The first-order chi connectivity index (χ1) is 9.38. The molecule has 7 heteroatoms. The predicted octanol–water partition coefficient (Wildman–Crippen LogP) is 3.61. The van der Waals surface area contributed by atoms with Crippen LogP contribution in [0.2, 0.25) is 0 Å². The Labute approximate surface area is 119 Å². The van der Waals surface area contributed by atoms with E-state index in [0.717, 1.165) is 5.69 Å². The minimum atomic E-state index is -4.23. The number of benzene rings is 1. The first kappa shape index (κ1) is 16.7. The molecule has 0 aromatic heterocycles. The summed E-state index contributed by atoms with van der Waals surface area (Å²) in [6, 6.07) is 9.04. The quantitative estimate of drug-likeness (QED) is 0.796. The lowest BCUT2D eigenvalue weighted by Crippen LogP contribution is -2.28. The van der Waals surface area contributed by atoms with Gasteiger partial charge in [-0.25, -0.2) is 0 Å². The lowest BCUT2D eigenvalue weighted by atomic mass is 10.2. The number of aliphatic carboxylic acids is 1. The van der Waals surface area contributed by atoms with Gasteiger partial charge in [0.2, 0.25) is 0 Å². The van der Waals surface area contributed by atoms with E-state index in [1.54, 1.807) is 29.2 Å². The van der Waals surface area contributed by atoms with Crippen LogP contribution < -0.4 is 4.90 Å². The number of hydrogen-bond donors (Lipinski definition) is 1. The first-order valence-corrected chi connectivity index (χ1v) is 7.09. The van der Waals surface area contributed by atoms with Gasteiger partial charge >= 0.3 is 11.5 Å². The molecule has 20 heavy (non-hydrogen) atoms. The maximum Gasteiger partial charge on any atom is 0.441 e. The minimum Gasteiger partial charge on any atom is -0.481 e. The van der Waals surface area contributed by atoms with Crippen molar-refractivity contribution < 1.29 is 23.1 Å². The number of nitrogens with zero attached hydrogens (tertiary/aromatic N) is 1. The minimum absolute atomic E-state index is 0.00967. The van der Waals surface area contributed by atoms with Gasteiger partial charge in [-0.3, -0.25) is 4.79 Å². The fraction of sp³-hybridized carbons (Fsp3) is 0.462. The van der Waals surface area contributed by atoms with E-state index in [0.29, 0.717) is 13.0 Å². The topological polar surface area (TPSA) is 40.5 Å². The second kappa shape index (κ2) is 8.04. The SMILES string of the molecule is O=C(O)CCCN(CCSC(F)(F)F)c1ccccc1. The largest absolute Gasteiger partial charge is 0.481 e. The normalized spacial score (nSPS) is 11.3. The van der Waals surface area contributed by atoms with E-state index in [9.17, 15) is 18.0 Å². The van der Waals surface area contributed by atoms with Crippen molar-refractivity contribution in [3.05, 3.63) is 30.3 Å². The number of thioether (sulfide) groups is 1. The molecule has 1 aromatic carbocycles. The summed E-state index contributed by atoms with van der Waals surface area (Å²) >= 11 is -0.0617. The van der Waals surface area contributed by atoms with E-state index in [1.165, 1.54) is 0 Å². The first-order valence-electron chi connectivity index (χ1n) is 6.11. The van der Waals surface area contributed by atoms with Crippen LogP contribution >= 0.6 is 11.8 Å². The number of carbonyl (C=O) groups is 1. The van der Waals surface area contributed by atoms with Gasteiger partial charge in [0.1, 0.15) is 0 Å². The molecule has 0 amide bonds. The molecule has 1 aromatic rings.